The average molecular weight is 473 g/mol. The van der Waals surface area contributed by atoms with Gasteiger partial charge >= 0.3 is 12.5 Å². The Kier molecular flexibility index (Phi) is 6.32. The van der Waals surface area contributed by atoms with Gasteiger partial charge in [-0.25, -0.2) is 0 Å². The number of benzene rings is 2. The van der Waals surface area contributed by atoms with E-state index < -0.39 is 30.5 Å². The zero-order valence-corrected chi connectivity index (χ0v) is 17.3. The van der Waals surface area contributed by atoms with Gasteiger partial charge in [-0.3, -0.25) is 0 Å². The maximum atomic E-state index is 12.7. The first-order valence-electron chi connectivity index (χ1n) is 10.3. The fourth-order valence-corrected chi connectivity index (χ4v) is 4.27. The maximum absolute atomic E-state index is 12.7. The first-order valence-corrected chi connectivity index (χ1v) is 10.3. The minimum atomic E-state index is -4.95. The van der Waals surface area contributed by atoms with Crippen LogP contribution in [0.15, 0.2) is 54.6 Å². The normalized spacial score (nSPS) is 23.5. The highest BCUT2D eigenvalue weighted by atomic mass is 19.4. The molecular weight excluding hydrogens is 452 g/mol. The number of nitrogens with one attached hydrogen (secondary N) is 1. The zero-order chi connectivity index (χ0) is 23.7. The standard InChI is InChI=1S/C23H21F6NO3/c24-22(25,26)14-31-19-8-7-17(33-23(27,28)29)11-18(19)16-12-21(32-13-16)9-4-10-30-20(21)15-5-2-1-3-6-15/h1-3,5-8,11-12,20,30H,4,9-10,13-14H2/t20-,21+/m0/s1. The highest BCUT2D eigenvalue weighted by molar-refractivity contribution is 5.75. The van der Waals surface area contributed by atoms with Crippen LogP contribution in [0.2, 0.25) is 0 Å². The molecule has 178 valence electrons. The SMILES string of the molecule is FC(F)(F)COc1ccc(OC(F)(F)F)cc1C1=C[C@@]2(CCCN[C@H]2c2ccccc2)OC1. The van der Waals surface area contributed by atoms with E-state index in [0.717, 1.165) is 36.7 Å². The van der Waals surface area contributed by atoms with E-state index in [9.17, 15) is 26.3 Å². The van der Waals surface area contributed by atoms with Crippen molar-refractivity contribution in [1.29, 1.82) is 0 Å². The van der Waals surface area contributed by atoms with Gasteiger partial charge < -0.3 is 19.5 Å². The van der Waals surface area contributed by atoms with Gasteiger partial charge in [0.25, 0.3) is 0 Å². The molecule has 4 nitrogen and oxygen atoms in total. The number of halogens is 6. The van der Waals surface area contributed by atoms with Gasteiger partial charge in [0, 0.05) is 5.56 Å². The smallest absolute Gasteiger partial charge is 0.483 e. The van der Waals surface area contributed by atoms with E-state index in [1.165, 1.54) is 0 Å². The van der Waals surface area contributed by atoms with Crippen LogP contribution in [0.25, 0.3) is 5.57 Å². The van der Waals surface area contributed by atoms with Crippen molar-refractivity contribution in [3.8, 4) is 11.5 Å². The molecule has 10 heteroatoms. The Morgan fingerprint density at radius 1 is 1.03 bits per heavy atom. The van der Waals surface area contributed by atoms with Crippen LogP contribution in [0.3, 0.4) is 0 Å². The summed E-state index contributed by atoms with van der Waals surface area (Å²) in [6.07, 6.45) is -6.34. The number of alkyl halides is 6. The third-order valence-corrected chi connectivity index (χ3v) is 5.55. The topological polar surface area (TPSA) is 39.7 Å². The Morgan fingerprint density at radius 3 is 2.48 bits per heavy atom. The van der Waals surface area contributed by atoms with E-state index in [2.05, 4.69) is 10.1 Å². The lowest BCUT2D eigenvalue weighted by Gasteiger charge is -2.40. The lowest BCUT2D eigenvalue weighted by Crippen LogP contribution is -2.47. The molecule has 0 radical (unpaired) electrons. The number of hydrogen-bond donors (Lipinski definition) is 1. The van der Waals surface area contributed by atoms with Gasteiger partial charge in [0.1, 0.15) is 17.1 Å². The average Bonchev–Trinajstić information content (AvgIpc) is 3.16. The van der Waals surface area contributed by atoms with Gasteiger partial charge in [-0.2, -0.15) is 13.2 Å². The van der Waals surface area contributed by atoms with Crippen LogP contribution >= 0.6 is 0 Å². The maximum Gasteiger partial charge on any atom is 0.573 e. The lowest BCUT2D eigenvalue weighted by atomic mass is 9.81. The monoisotopic (exact) mass is 473 g/mol. The van der Waals surface area contributed by atoms with Gasteiger partial charge in [0.15, 0.2) is 6.61 Å². The van der Waals surface area contributed by atoms with Gasteiger partial charge in [0.2, 0.25) is 0 Å². The largest absolute Gasteiger partial charge is 0.573 e. The number of rotatable bonds is 5. The predicted molar refractivity (Wildman–Crippen MR) is 108 cm³/mol. The highest BCUT2D eigenvalue weighted by Gasteiger charge is 2.45. The molecule has 33 heavy (non-hydrogen) atoms. The Morgan fingerprint density at radius 2 is 1.79 bits per heavy atom. The van der Waals surface area contributed by atoms with Crippen LogP contribution in [0.1, 0.15) is 30.0 Å². The molecule has 2 aromatic carbocycles. The van der Waals surface area contributed by atoms with Crippen LogP contribution in [0.5, 0.6) is 11.5 Å². The van der Waals surface area contributed by atoms with Crippen LogP contribution in [0, 0.1) is 0 Å². The fraction of sp³-hybridized carbons (Fsp3) is 0.391. The van der Waals surface area contributed by atoms with Gasteiger partial charge in [0.05, 0.1) is 12.6 Å². The first kappa shape index (κ1) is 23.4. The van der Waals surface area contributed by atoms with Crippen LogP contribution in [-0.2, 0) is 4.74 Å². The predicted octanol–water partition coefficient (Wildman–Crippen LogP) is 5.80. The van der Waals surface area contributed by atoms with Gasteiger partial charge in [-0.15, -0.1) is 13.2 Å². The van der Waals surface area contributed by atoms with E-state index in [0.29, 0.717) is 12.0 Å². The molecule has 1 spiro atoms. The molecule has 1 saturated heterocycles. The van der Waals surface area contributed by atoms with Crippen LogP contribution < -0.4 is 14.8 Å². The number of hydrogen-bond acceptors (Lipinski definition) is 4. The molecule has 2 aliphatic heterocycles. The Hall–Kier alpha value is -2.72. The highest BCUT2D eigenvalue weighted by Crippen LogP contribution is 2.46. The van der Waals surface area contributed by atoms with Gasteiger partial charge in [-0.1, -0.05) is 30.3 Å². The van der Waals surface area contributed by atoms with Crippen molar-refractivity contribution in [3.63, 3.8) is 0 Å². The lowest BCUT2D eigenvalue weighted by molar-refractivity contribution is -0.274. The van der Waals surface area contributed by atoms with Crippen molar-refractivity contribution in [2.24, 2.45) is 0 Å². The Bertz CT molecular complexity index is 1010. The molecular formula is C23H21F6NO3. The third kappa shape index (κ3) is 5.62. The Labute approximate surface area is 186 Å². The molecule has 2 aromatic rings. The molecule has 1 N–H and O–H groups in total. The first-order chi connectivity index (χ1) is 15.5. The zero-order valence-electron chi connectivity index (χ0n) is 17.3. The van der Waals surface area contributed by atoms with E-state index in [-0.39, 0.29) is 24.0 Å². The summed E-state index contributed by atoms with van der Waals surface area (Å²) >= 11 is 0. The van der Waals surface area contributed by atoms with E-state index >= 15 is 0 Å². The fourth-order valence-electron chi connectivity index (χ4n) is 4.27. The summed E-state index contributed by atoms with van der Waals surface area (Å²) in [5, 5.41) is 3.42. The molecule has 4 rings (SSSR count). The van der Waals surface area contributed by atoms with E-state index in [4.69, 9.17) is 9.47 Å². The molecule has 2 atom stereocenters. The second-order valence-corrected chi connectivity index (χ2v) is 7.92. The minimum absolute atomic E-state index is 0.00284. The number of ether oxygens (including phenoxy) is 3. The summed E-state index contributed by atoms with van der Waals surface area (Å²) < 4.78 is 91.4. The second kappa shape index (κ2) is 8.90. The molecule has 1 fully saturated rings. The van der Waals surface area contributed by atoms with Gasteiger partial charge in [-0.05, 0) is 54.8 Å². The molecule has 0 aliphatic carbocycles. The number of piperidine rings is 1. The molecule has 0 unspecified atom stereocenters. The van der Waals surface area contributed by atoms with Crippen molar-refractivity contribution in [2.45, 2.75) is 37.0 Å². The molecule has 0 aromatic heterocycles. The van der Waals surface area contributed by atoms with Crippen molar-refractivity contribution in [1.82, 2.24) is 5.32 Å². The van der Waals surface area contributed by atoms with Crippen LogP contribution in [-0.4, -0.2) is 37.9 Å². The molecule has 2 heterocycles. The van der Waals surface area contributed by atoms with Crippen molar-refractivity contribution in [3.05, 3.63) is 65.7 Å². The molecule has 0 amide bonds. The third-order valence-electron chi connectivity index (χ3n) is 5.55. The molecule has 2 aliphatic rings. The molecule has 0 saturated carbocycles. The van der Waals surface area contributed by atoms with Crippen LogP contribution in [0.4, 0.5) is 26.3 Å². The Balaban J connectivity index is 1.71. The van der Waals surface area contributed by atoms with Crippen molar-refractivity contribution >= 4 is 5.57 Å². The summed E-state index contributed by atoms with van der Waals surface area (Å²) in [6.45, 7) is -0.821. The summed E-state index contributed by atoms with van der Waals surface area (Å²) in [5.74, 6) is -0.756. The second-order valence-electron chi connectivity index (χ2n) is 7.92. The van der Waals surface area contributed by atoms with E-state index in [1.54, 1.807) is 6.08 Å². The summed E-state index contributed by atoms with van der Waals surface area (Å²) in [4.78, 5) is 0. The van der Waals surface area contributed by atoms with Crippen molar-refractivity contribution < 1.29 is 40.6 Å². The van der Waals surface area contributed by atoms with Crippen molar-refractivity contribution in [2.75, 3.05) is 19.8 Å². The summed E-state index contributed by atoms with van der Waals surface area (Å²) in [5.41, 5.74) is 0.675. The molecule has 0 bridgehead atoms. The summed E-state index contributed by atoms with van der Waals surface area (Å²) in [6, 6.07) is 12.3. The van der Waals surface area contributed by atoms with E-state index in [1.807, 2.05) is 30.3 Å². The quantitative estimate of drug-likeness (QED) is 0.557. The minimum Gasteiger partial charge on any atom is -0.483 e. The summed E-state index contributed by atoms with van der Waals surface area (Å²) in [7, 11) is 0.